The number of urea groups is 1. The summed E-state index contributed by atoms with van der Waals surface area (Å²) in [4.78, 5) is 14.1. The number of aliphatic hydroxyl groups is 1. The maximum atomic E-state index is 12.1. The first kappa shape index (κ1) is 12.4. The fraction of sp³-hybridized carbons (Fsp3) is 0.769. The van der Waals surface area contributed by atoms with Gasteiger partial charge in [-0.25, -0.2) is 4.79 Å². The van der Waals surface area contributed by atoms with E-state index in [1.54, 1.807) is 0 Å². The lowest BCUT2D eigenvalue weighted by atomic mass is 10.00. The van der Waals surface area contributed by atoms with Crippen molar-refractivity contribution in [2.45, 2.75) is 50.6 Å². The molecule has 0 spiro atoms. The average molecular weight is 238 g/mol. The number of rotatable bonds is 3. The van der Waals surface area contributed by atoms with Gasteiger partial charge in [0.15, 0.2) is 0 Å². The molecule has 4 heteroatoms. The molecule has 0 aromatic rings. The van der Waals surface area contributed by atoms with Gasteiger partial charge in [0, 0.05) is 25.2 Å². The van der Waals surface area contributed by atoms with Gasteiger partial charge in [-0.15, -0.1) is 0 Å². The van der Waals surface area contributed by atoms with Crippen molar-refractivity contribution in [1.82, 2.24) is 10.2 Å². The Labute approximate surface area is 103 Å². The van der Waals surface area contributed by atoms with Crippen molar-refractivity contribution in [2.75, 3.05) is 13.2 Å². The summed E-state index contributed by atoms with van der Waals surface area (Å²) < 4.78 is 0. The van der Waals surface area contributed by atoms with E-state index in [1.807, 2.05) is 4.90 Å². The molecule has 2 amide bonds. The van der Waals surface area contributed by atoms with Crippen molar-refractivity contribution in [1.29, 1.82) is 0 Å². The summed E-state index contributed by atoms with van der Waals surface area (Å²) in [6.07, 6.45) is 10.1. The van der Waals surface area contributed by atoms with E-state index in [4.69, 9.17) is 5.11 Å². The van der Waals surface area contributed by atoms with Gasteiger partial charge in [0.05, 0.1) is 0 Å². The van der Waals surface area contributed by atoms with E-state index in [0.717, 1.165) is 32.2 Å². The van der Waals surface area contributed by atoms with Gasteiger partial charge < -0.3 is 15.3 Å². The zero-order chi connectivity index (χ0) is 12.1. The molecule has 17 heavy (non-hydrogen) atoms. The third-order valence-electron chi connectivity index (χ3n) is 3.69. The zero-order valence-corrected chi connectivity index (χ0v) is 10.3. The first-order valence-corrected chi connectivity index (χ1v) is 6.64. The fourth-order valence-corrected chi connectivity index (χ4v) is 2.71. The van der Waals surface area contributed by atoms with Crippen molar-refractivity contribution < 1.29 is 9.90 Å². The van der Waals surface area contributed by atoms with E-state index in [2.05, 4.69) is 17.5 Å². The number of likely N-dealkylation sites (tertiary alicyclic amines) is 1. The fourth-order valence-electron chi connectivity index (χ4n) is 2.71. The van der Waals surface area contributed by atoms with Crippen LogP contribution in [0.15, 0.2) is 12.2 Å². The molecule has 4 nitrogen and oxygen atoms in total. The van der Waals surface area contributed by atoms with Crippen molar-refractivity contribution in [3.8, 4) is 0 Å². The summed E-state index contributed by atoms with van der Waals surface area (Å²) in [7, 11) is 0. The summed E-state index contributed by atoms with van der Waals surface area (Å²) in [6, 6.07) is 0.555. The monoisotopic (exact) mass is 238 g/mol. The van der Waals surface area contributed by atoms with E-state index in [1.165, 1.54) is 6.42 Å². The van der Waals surface area contributed by atoms with Crippen LogP contribution < -0.4 is 5.32 Å². The SMILES string of the molecule is O=C(NC1CC=CC1)N1CCCCC1CCO. The first-order valence-electron chi connectivity index (χ1n) is 6.64. The minimum atomic E-state index is 0.0526. The molecule has 0 radical (unpaired) electrons. The Hall–Kier alpha value is -1.03. The summed E-state index contributed by atoms with van der Waals surface area (Å²) in [6.45, 7) is 0.996. The molecule has 1 heterocycles. The average Bonchev–Trinajstić information content (AvgIpc) is 2.83. The second-order valence-corrected chi connectivity index (χ2v) is 4.94. The molecule has 96 valence electrons. The number of carbonyl (C=O) groups is 1. The van der Waals surface area contributed by atoms with Crippen LogP contribution in [0.2, 0.25) is 0 Å². The number of nitrogens with zero attached hydrogens (tertiary/aromatic N) is 1. The van der Waals surface area contributed by atoms with Crippen LogP contribution in [0.1, 0.15) is 38.5 Å². The molecule has 2 rings (SSSR count). The van der Waals surface area contributed by atoms with Gasteiger partial charge in [-0.2, -0.15) is 0 Å². The van der Waals surface area contributed by atoms with Gasteiger partial charge in [-0.05, 0) is 38.5 Å². The highest BCUT2D eigenvalue weighted by Gasteiger charge is 2.27. The molecule has 0 aromatic heterocycles. The van der Waals surface area contributed by atoms with Crippen LogP contribution in [0.25, 0.3) is 0 Å². The van der Waals surface area contributed by atoms with E-state index in [-0.39, 0.29) is 24.7 Å². The largest absolute Gasteiger partial charge is 0.396 e. The molecule has 1 fully saturated rings. The van der Waals surface area contributed by atoms with Crippen LogP contribution in [0.3, 0.4) is 0 Å². The number of piperidine rings is 1. The third-order valence-corrected chi connectivity index (χ3v) is 3.69. The molecular weight excluding hydrogens is 216 g/mol. The van der Waals surface area contributed by atoms with Gasteiger partial charge in [0.2, 0.25) is 0 Å². The van der Waals surface area contributed by atoms with Crippen LogP contribution >= 0.6 is 0 Å². The Kier molecular flexibility index (Phi) is 4.42. The predicted molar refractivity (Wildman–Crippen MR) is 66.7 cm³/mol. The molecule has 0 bridgehead atoms. The highest BCUT2D eigenvalue weighted by Crippen LogP contribution is 2.20. The predicted octanol–water partition coefficient (Wildman–Crippen LogP) is 1.65. The highest BCUT2D eigenvalue weighted by atomic mass is 16.3. The Morgan fingerprint density at radius 1 is 1.35 bits per heavy atom. The molecular formula is C13H22N2O2. The van der Waals surface area contributed by atoms with E-state index in [9.17, 15) is 4.79 Å². The Morgan fingerprint density at radius 2 is 2.12 bits per heavy atom. The Morgan fingerprint density at radius 3 is 2.82 bits per heavy atom. The Balaban J connectivity index is 1.86. The van der Waals surface area contributed by atoms with E-state index < -0.39 is 0 Å². The van der Waals surface area contributed by atoms with Crippen molar-refractivity contribution in [3.05, 3.63) is 12.2 Å². The van der Waals surface area contributed by atoms with Crippen molar-refractivity contribution in [3.63, 3.8) is 0 Å². The molecule has 2 aliphatic rings. The number of aliphatic hydroxyl groups excluding tert-OH is 1. The summed E-state index contributed by atoms with van der Waals surface area (Å²) >= 11 is 0. The smallest absolute Gasteiger partial charge is 0.317 e. The van der Waals surface area contributed by atoms with E-state index in [0.29, 0.717) is 6.42 Å². The van der Waals surface area contributed by atoms with Crippen molar-refractivity contribution >= 4 is 6.03 Å². The van der Waals surface area contributed by atoms with Gasteiger partial charge in [-0.1, -0.05) is 12.2 Å². The normalized spacial score (nSPS) is 25.2. The highest BCUT2D eigenvalue weighted by molar-refractivity contribution is 5.75. The second kappa shape index (κ2) is 6.05. The van der Waals surface area contributed by atoms with Gasteiger partial charge >= 0.3 is 6.03 Å². The van der Waals surface area contributed by atoms with Crippen LogP contribution in [0.4, 0.5) is 4.79 Å². The molecule has 1 atom stereocenters. The zero-order valence-electron chi connectivity index (χ0n) is 10.3. The topological polar surface area (TPSA) is 52.6 Å². The molecule has 1 unspecified atom stereocenters. The van der Waals surface area contributed by atoms with Crippen LogP contribution in [-0.4, -0.2) is 41.3 Å². The maximum absolute atomic E-state index is 12.1. The molecule has 1 aliphatic heterocycles. The molecule has 0 aromatic carbocycles. The van der Waals surface area contributed by atoms with Crippen LogP contribution in [-0.2, 0) is 0 Å². The lowest BCUT2D eigenvalue weighted by molar-refractivity contribution is 0.130. The minimum absolute atomic E-state index is 0.0526. The quantitative estimate of drug-likeness (QED) is 0.735. The van der Waals surface area contributed by atoms with Gasteiger partial charge in [-0.3, -0.25) is 0 Å². The number of hydrogen-bond acceptors (Lipinski definition) is 2. The minimum Gasteiger partial charge on any atom is -0.396 e. The molecule has 1 saturated heterocycles. The summed E-state index contributed by atoms with van der Waals surface area (Å²) in [5.41, 5.74) is 0. The molecule has 1 aliphatic carbocycles. The third kappa shape index (κ3) is 3.22. The van der Waals surface area contributed by atoms with Gasteiger partial charge in [0.25, 0.3) is 0 Å². The standard InChI is InChI=1S/C13H22N2O2/c16-10-8-12-7-3-4-9-15(12)13(17)14-11-5-1-2-6-11/h1-2,11-12,16H,3-10H2,(H,14,17). The van der Waals surface area contributed by atoms with E-state index >= 15 is 0 Å². The van der Waals surface area contributed by atoms with Gasteiger partial charge in [0.1, 0.15) is 0 Å². The lowest BCUT2D eigenvalue weighted by Gasteiger charge is -2.36. The summed E-state index contributed by atoms with van der Waals surface area (Å²) in [5.74, 6) is 0. The molecule has 0 saturated carbocycles. The Bertz CT molecular complexity index is 281. The maximum Gasteiger partial charge on any atom is 0.317 e. The number of amides is 2. The van der Waals surface area contributed by atoms with Crippen molar-refractivity contribution in [2.24, 2.45) is 0 Å². The van der Waals surface area contributed by atoms with Crippen LogP contribution in [0, 0.1) is 0 Å². The van der Waals surface area contributed by atoms with Crippen LogP contribution in [0.5, 0.6) is 0 Å². The summed E-state index contributed by atoms with van der Waals surface area (Å²) in [5, 5.41) is 12.1. The number of nitrogens with one attached hydrogen (secondary N) is 1. The number of hydrogen-bond donors (Lipinski definition) is 2. The first-order chi connectivity index (χ1) is 8.31. The second-order valence-electron chi connectivity index (χ2n) is 4.94. The number of carbonyl (C=O) groups excluding carboxylic acids is 1. The molecule has 2 N–H and O–H groups in total. The lowest BCUT2D eigenvalue weighted by Crippen LogP contribution is -2.51.